The molecule has 0 aliphatic heterocycles. The van der Waals surface area contributed by atoms with Gasteiger partial charge in [-0.25, -0.2) is 4.98 Å². The topological polar surface area (TPSA) is 12.9 Å². The molecule has 0 bridgehead atoms. The van der Waals surface area contributed by atoms with Gasteiger partial charge < -0.3 is 0 Å². The second kappa shape index (κ2) is 5.01. The lowest BCUT2D eigenvalue weighted by Crippen LogP contribution is -2.06. The summed E-state index contributed by atoms with van der Waals surface area (Å²) in [6.45, 7) is 6.55. The highest BCUT2D eigenvalue weighted by atomic mass is 35.5. The van der Waals surface area contributed by atoms with Crippen LogP contribution in [0.15, 0.2) is 34.0 Å². The average molecular weight is 284 g/mol. The maximum Gasteiger partial charge on any atom is 0.0826 e. The van der Waals surface area contributed by atoms with Gasteiger partial charge in [0.2, 0.25) is 0 Å². The molecule has 90 valence electrons. The number of nitrogens with zero attached hydrogens (tertiary/aromatic N) is 1. The van der Waals surface area contributed by atoms with Gasteiger partial charge in [-0.2, -0.15) is 0 Å². The number of hydrogen-bond acceptors (Lipinski definition) is 3. The van der Waals surface area contributed by atoms with E-state index in [9.17, 15) is 0 Å². The molecule has 0 amide bonds. The van der Waals surface area contributed by atoms with Crippen LogP contribution >= 0.6 is 34.7 Å². The molecule has 1 nitrogen and oxygen atoms in total. The minimum atomic E-state index is 0.157. The molecule has 1 heterocycles. The van der Waals surface area contributed by atoms with Crippen LogP contribution in [0.25, 0.3) is 11.3 Å². The molecule has 0 N–H and O–H groups in total. The zero-order chi connectivity index (χ0) is 12.5. The van der Waals surface area contributed by atoms with Gasteiger partial charge in [-0.05, 0) is 6.07 Å². The van der Waals surface area contributed by atoms with Crippen molar-refractivity contribution < 1.29 is 0 Å². The molecule has 2 aromatic rings. The van der Waals surface area contributed by atoms with Gasteiger partial charge in [0.1, 0.15) is 0 Å². The Balaban J connectivity index is 2.41. The van der Waals surface area contributed by atoms with Crippen LogP contribution in [0.4, 0.5) is 0 Å². The summed E-state index contributed by atoms with van der Waals surface area (Å²) in [6, 6.07) is 6.12. The molecule has 0 saturated heterocycles. The van der Waals surface area contributed by atoms with Crippen LogP contribution in [-0.4, -0.2) is 9.73 Å². The van der Waals surface area contributed by atoms with Crippen LogP contribution in [0, 0.1) is 0 Å². The summed E-state index contributed by atoms with van der Waals surface area (Å²) in [5.74, 6) is 0. The number of rotatable bonds is 2. The van der Waals surface area contributed by atoms with Crippen molar-refractivity contribution in [1.82, 2.24) is 4.98 Å². The number of thioether (sulfide) groups is 1. The Kier molecular flexibility index (Phi) is 3.81. The lowest BCUT2D eigenvalue weighted by atomic mass is 10.2. The molecule has 1 aromatic heterocycles. The third-order valence-corrected chi connectivity index (χ3v) is 4.37. The van der Waals surface area contributed by atoms with Gasteiger partial charge in [0.15, 0.2) is 0 Å². The van der Waals surface area contributed by atoms with E-state index in [4.69, 9.17) is 11.6 Å². The van der Waals surface area contributed by atoms with E-state index in [1.54, 1.807) is 23.1 Å². The molecule has 0 aliphatic carbocycles. The van der Waals surface area contributed by atoms with Crippen molar-refractivity contribution in [1.29, 1.82) is 0 Å². The molecule has 0 unspecified atom stereocenters. The molecule has 0 radical (unpaired) electrons. The van der Waals surface area contributed by atoms with Gasteiger partial charge in [0, 0.05) is 20.6 Å². The molecule has 0 fully saturated rings. The van der Waals surface area contributed by atoms with Crippen LogP contribution < -0.4 is 0 Å². The number of benzene rings is 1. The highest BCUT2D eigenvalue weighted by Crippen LogP contribution is 2.40. The van der Waals surface area contributed by atoms with Crippen molar-refractivity contribution >= 4 is 34.7 Å². The minimum Gasteiger partial charge on any atom is -0.245 e. The number of aromatic nitrogens is 1. The maximum atomic E-state index is 6.45. The molecule has 1 aromatic carbocycles. The standard InChI is InChI=1S/C13H14ClNS2/c1-13(2,3)17-11-6-4-5-9(12(11)14)10-7-16-8-15-10/h4-8H,1-3H3. The first-order valence-corrected chi connectivity index (χ1v) is 7.47. The zero-order valence-electron chi connectivity index (χ0n) is 10.0. The van der Waals surface area contributed by atoms with Crippen molar-refractivity contribution in [3.05, 3.63) is 34.1 Å². The predicted molar refractivity (Wildman–Crippen MR) is 78.2 cm³/mol. The Morgan fingerprint density at radius 2 is 2.06 bits per heavy atom. The van der Waals surface area contributed by atoms with Crippen LogP contribution in [0.2, 0.25) is 5.02 Å². The molecular weight excluding hydrogens is 270 g/mol. The van der Waals surface area contributed by atoms with E-state index in [-0.39, 0.29) is 4.75 Å². The summed E-state index contributed by atoms with van der Waals surface area (Å²) in [6.07, 6.45) is 0. The quantitative estimate of drug-likeness (QED) is 0.689. The van der Waals surface area contributed by atoms with Crippen molar-refractivity contribution in [2.24, 2.45) is 0 Å². The summed E-state index contributed by atoms with van der Waals surface area (Å²) in [5.41, 5.74) is 3.80. The molecular formula is C13H14ClNS2. The maximum absolute atomic E-state index is 6.45. The van der Waals surface area contributed by atoms with Gasteiger partial charge in [0.05, 0.1) is 16.2 Å². The lowest BCUT2D eigenvalue weighted by molar-refractivity contribution is 0.803. The first-order valence-electron chi connectivity index (χ1n) is 5.33. The third kappa shape index (κ3) is 3.24. The Bertz CT molecular complexity index is 501. The monoisotopic (exact) mass is 283 g/mol. The van der Waals surface area contributed by atoms with Crippen molar-refractivity contribution in [2.45, 2.75) is 30.4 Å². The van der Waals surface area contributed by atoms with E-state index >= 15 is 0 Å². The fourth-order valence-electron chi connectivity index (χ4n) is 1.46. The molecule has 0 aliphatic rings. The molecule has 0 saturated carbocycles. The van der Waals surface area contributed by atoms with Crippen molar-refractivity contribution in [3.63, 3.8) is 0 Å². The molecule has 0 spiro atoms. The zero-order valence-corrected chi connectivity index (χ0v) is 12.4. The highest BCUT2D eigenvalue weighted by Gasteiger charge is 2.16. The van der Waals surface area contributed by atoms with Crippen LogP contribution in [0.1, 0.15) is 20.8 Å². The minimum absolute atomic E-state index is 0.157. The second-order valence-corrected chi connectivity index (χ2v) is 7.67. The van der Waals surface area contributed by atoms with E-state index in [1.807, 2.05) is 23.0 Å². The Labute approximate surface area is 115 Å². The van der Waals surface area contributed by atoms with Gasteiger partial charge in [0.25, 0.3) is 0 Å². The van der Waals surface area contributed by atoms with E-state index in [0.29, 0.717) is 0 Å². The summed E-state index contributed by atoms with van der Waals surface area (Å²) < 4.78 is 0.157. The van der Waals surface area contributed by atoms with E-state index in [2.05, 4.69) is 31.8 Å². The molecule has 2 rings (SSSR count). The van der Waals surface area contributed by atoms with E-state index < -0.39 is 0 Å². The van der Waals surface area contributed by atoms with Gasteiger partial charge >= 0.3 is 0 Å². The van der Waals surface area contributed by atoms with Crippen molar-refractivity contribution in [3.8, 4) is 11.3 Å². The number of halogens is 1. The van der Waals surface area contributed by atoms with E-state index in [0.717, 1.165) is 21.2 Å². The first-order chi connectivity index (χ1) is 7.97. The third-order valence-electron chi connectivity index (χ3n) is 2.09. The van der Waals surface area contributed by atoms with Crippen LogP contribution in [0.3, 0.4) is 0 Å². The predicted octanol–water partition coefficient (Wildman–Crippen LogP) is 5.35. The fourth-order valence-corrected chi connectivity index (χ4v) is 3.36. The number of thiazole rings is 1. The Morgan fingerprint density at radius 3 is 2.65 bits per heavy atom. The first kappa shape index (κ1) is 12.9. The molecule has 0 atom stereocenters. The highest BCUT2D eigenvalue weighted by molar-refractivity contribution is 8.00. The number of hydrogen-bond donors (Lipinski definition) is 0. The van der Waals surface area contributed by atoms with Crippen molar-refractivity contribution in [2.75, 3.05) is 0 Å². The Morgan fingerprint density at radius 1 is 1.29 bits per heavy atom. The largest absolute Gasteiger partial charge is 0.245 e. The summed E-state index contributed by atoms with van der Waals surface area (Å²) in [5, 5.41) is 2.82. The van der Waals surface area contributed by atoms with Gasteiger partial charge in [-0.1, -0.05) is 44.5 Å². The summed E-state index contributed by atoms with van der Waals surface area (Å²) in [4.78, 5) is 5.43. The van der Waals surface area contributed by atoms with E-state index in [1.165, 1.54) is 0 Å². The smallest absolute Gasteiger partial charge is 0.0826 e. The van der Waals surface area contributed by atoms with Gasteiger partial charge in [-0.3, -0.25) is 0 Å². The van der Waals surface area contributed by atoms with Gasteiger partial charge in [-0.15, -0.1) is 23.1 Å². The average Bonchev–Trinajstić information content (AvgIpc) is 2.72. The second-order valence-electron chi connectivity index (χ2n) is 4.71. The SMILES string of the molecule is CC(C)(C)Sc1cccc(-c2cscn2)c1Cl. The Hall–Kier alpha value is -0.510. The normalized spacial score (nSPS) is 11.8. The van der Waals surface area contributed by atoms with Crippen LogP contribution in [-0.2, 0) is 0 Å². The summed E-state index contributed by atoms with van der Waals surface area (Å²) >= 11 is 9.82. The summed E-state index contributed by atoms with van der Waals surface area (Å²) in [7, 11) is 0. The molecule has 4 heteroatoms. The lowest BCUT2D eigenvalue weighted by Gasteiger charge is -2.19. The fraction of sp³-hybridized carbons (Fsp3) is 0.308. The van der Waals surface area contributed by atoms with Crippen LogP contribution in [0.5, 0.6) is 0 Å². The molecule has 17 heavy (non-hydrogen) atoms.